The summed E-state index contributed by atoms with van der Waals surface area (Å²) in [6.45, 7) is 0.797. The van der Waals surface area contributed by atoms with Gasteiger partial charge in [0.25, 0.3) is 0 Å². The Hall–Kier alpha value is -1.05. The van der Waals surface area contributed by atoms with E-state index >= 15 is 0 Å². The van der Waals surface area contributed by atoms with Crippen LogP contribution in [0.5, 0.6) is 0 Å². The fourth-order valence-corrected chi connectivity index (χ4v) is 2.06. The molecule has 0 amide bonds. The number of pyridine rings is 1. The smallest absolute Gasteiger partial charge is 0.144 e. The number of hydrogen-bond donors (Lipinski definition) is 0. The van der Waals surface area contributed by atoms with Crippen LogP contribution in [0, 0.1) is 11.3 Å². The maximum absolute atomic E-state index is 8.82. The number of ether oxygens (including phenoxy) is 1. The molecule has 0 N–H and O–H groups in total. The first-order valence-electron chi connectivity index (χ1n) is 4.79. The summed E-state index contributed by atoms with van der Waals surface area (Å²) in [5, 5.41) is 8.82. The Balaban J connectivity index is 2.34. The highest BCUT2D eigenvalue weighted by molar-refractivity contribution is 7.98. The first-order valence-corrected chi connectivity index (χ1v) is 5.94. The molecule has 0 bridgehead atoms. The minimum atomic E-state index is 0.539. The van der Waals surface area contributed by atoms with Crippen LogP contribution in [0.1, 0.15) is 17.7 Å². The highest BCUT2D eigenvalue weighted by atomic mass is 32.2. The topological polar surface area (TPSA) is 45.9 Å². The first kappa shape index (κ1) is 12.0. The van der Waals surface area contributed by atoms with Gasteiger partial charge in [0.05, 0.1) is 0 Å². The number of thioether (sulfide) groups is 1. The summed E-state index contributed by atoms with van der Waals surface area (Å²) in [6, 6.07) is 5.92. The van der Waals surface area contributed by atoms with Crippen molar-refractivity contribution < 1.29 is 4.74 Å². The number of nitrogens with zero attached hydrogens (tertiary/aromatic N) is 2. The molecule has 0 unspecified atom stereocenters. The van der Waals surface area contributed by atoms with Crippen molar-refractivity contribution in [2.24, 2.45) is 0 Å². The minimum Gasteiger partial charge on any atom is -0.385 e. The molecule has 0 aromatic carbocycles. The van der Waals surface area contributed by atoms with Gasteiger partial charge < -0.3 is 4.74 Å². The summed E-state index contributed by atoms with van der Waals surface area (Å²) in [4.78, 5) is 4.01. The molecule has 3 nitrogen and oxygen atoms in total. The molecule has 0 atom stereocenters. The van der Waals surface area contributed by atoms with Crippen molar-refractivity contribution in [2.75, 3.05) is 19.5 Å². The molecule has 0 radical (unpaired) electrons. The minimum absolute atomic E-state index is 0.539. The van der Waals surface area contributed by atoms with Gasteiger partial charge in [0, 0.05) is 25.7 Å². The van der Waals surface area contributed by atoms with Gasteiger partial charge in [-0.1, -0.05) is 6.07 Å². The Morgan fingerprint density at radius 3 is 3.20 bits per heavy atom. The van der Waals surface area contributed by atoms with E-state index in [-0.39, 0.29) is 0 Å². The van der Waals surface area contributed by atoms with E-state index in [1.54, 1.807) is 25.1 Å². The fraction of sp³-hybridized carbons (Fsp3) is 0.455. The predicted octanol–water partition coefficient (Wildman–Crippen LogP) is 2.22. The maximum atomic E-state index is 8.82. The van der Waals surface area contributed by atoms with Gasteiger partial charge in [-0.25, -0.2) is 4.98 Å². The van der Waals surface area contributed by atoms with Crippen molar-refractivity contribution in [1.82, 2.24) is 4.98 Å². The molecular weight excluding hydrogens is 208 g/mol. The van der Waals surface area contributed by atoms with Crippen LogP contribution in [0.3, 0.4) is 0 Å². The zero-order valence-corrected chi connectivity index (χ0v) is 9.59. The number of nitriles is 1. The Morgan fingerprint density at radius 1 is 1.60 bits per heavy atom. The van der Waals surface area contributed by atoms with Gasteiger partial charge in [-0.2, -0.15) is 17.0 Å². The second-order valence-electron chi connectivity index (χ2n) is 3.02. The largest absolute Gasteiger partial charge is 0.385 e. The van der Waals surface area contributed by atoms with Gasteiger partial charge >= 0.3 is 0 Å². The van der Waals surface area contributed by atoms with E-state index in [1.165, 1.54) is 0 Å². The molecule has 0 aliphatic rings. The highest BCUT2D eigenvalue weighted by Crippen LogP contribution is 2.14. The molecule has 1 aromatic heterocycles. The van der Waals surface area contributed by atoms with Gasteiger partial charge in [-0.05, 0) is 23.8 Å². The second-order valence-corrected chi connectivity index (χ2v) is 4.13. The van der Waals surface area contributed by atoms with Gasteiger partial charge in [-0.15, -0.1) is 0 Å². The number of aromatic nitrogens is 1. The molecule has 0 aliphatic heterocycles. The molecule has 15 heavy (non-hydrogen) atoms. The van der Waals surface area contributed by atoms with Gasteiger partial charge in [0.2, 0.25) is 0 Å². The first-order chi connectivity index (χ1) is 7.38. The fourth-order valence-electron chi connectivity index (χ4n) is 1.14. The van der Waals surface area contributed by atoms with Crippen molar-refractivity contribution >= 4 is 11.8 Å². The SMILES string of the molecule is COCCCSCc1cccnc1C#N. The zero-order valence-electron chi connectivity index (χ0n) is 8.77. The summed E-state index contributed by atoms with van der Waals surface area (Å²) in [5.74, 6) is 1.90. The van der Waals surface area contributed by atoms with E-state index in [4.69, 9.17) is 10.00 Å². The van der Waals surface area contributed by atoms with Crippen LogP contribution < -0.4 is 0 Å². The molecule has 0 fully saturated rings. The Morgan fingerprint density at radius 2 is 2.47 bits per heavy atom. The molecule has 0 saturated heterocycles. The van der Waals surface area contributed by atoms with E-state index < -0.39 is 0 Å². The lowest BCUT2D eigenvalue weighted by Crippen LogP contribution is -1.93. The average molecular weight is 222 g/mol. The monoisotopic (exact) mass is 222 g/mol. The van der Waals surface area contributed by atoms with Crippen LogP contribution in [0.25, 0.3) is 0 Å². The quantitative estimate of drug-likeness (QED) is 0.692. The molecule has 0 aliphatic carbocycles. The van der Waals surface area contributed by atoms with Crippen LogP contribution in [-0.2, 0) is 10.5 Å². The Kier molecular flexibility index (Phi) is 5.83. The number of methoxy groups -OCH3 is 1. The highest BCUT2D eigenvalue weighted by Gasteiger charge is 2.01. The summed E-state index contributed by atoms with van der Waals surface area (Å²) in [6.07, 6.45) is 2.70. The van der Waals surface area contributed by atoms with Crippen LogP contribution in [0.4, 0.5) is 0 Å². The summed E-state index contributed by atoms with van der Waals surface area (Å²) in [5.41, 5.74) is 1.55. The standard InChI is InChI=1S/C11H14N2OS/c1-14-6-3-7-15-9-10-4-2-5-13-11(10)8-12/h2,4-5H,3,6-7,9H2,1H3. The van der Waals surface area contributed by atoms with E-state index in [2.05, 4.69) is 11.1 Å². The van der Waals surface area contributed by atoms with Gasteiger partial charge in [0.1, 0.15) is 11.8 Å². The summed E-state index contributed by atoms with van der Waals surface area (Å²) < 4.78 is 4.96. The van der Waals surface area contributed by atoms with Crippen molar-refractivity contribution in [3.05, 3.63) is 29.6 Å². The summed E-state index contributed by atoms with van der Waals surface area (Å²) >= 11 is 1.80. The van der Waals surface area contributed by atoms with E-state index in [9.17, 15) is 0 Å². The van der Waals surface area contributed by atoms with Crippen LogP contribution in [0.2, 0.25) is 0 Å². The van der Waals surface area contributed by atoms with Crippen molar-refractivity contribution in [3.8, 4) is 6.07 Å². The maximum Gasteiger partial charge on any atom is 0.144 e. The summed E-state index contributed by atoms with van der Waals surface area (Å²) in [7, 11) is 1.71. The molecule has 80 valence electrons. The third-order valence-electron chi connectivity index (χ3n) is 1.89. The lowest BCUT2D eigenvalue weighted by Gasteiger charge is -2.02. The molecular formula is C11H14N2OS. The van der Waals surface area contributed by atoms with Crippen molar-refractivity contribution in [1.29, 1.82) is 5.26 Å². The molecule has 1 heterocycles. The van der Waals surface area contributed by atoms with Crippen LogP contribution in [-0.4, -0.2) is 24.5 Å². The molecule has 4 heteroatoms. The molecule has 0 saturated carbocycles. The normalized spacial score (nSPS) is 9.87. The third kappa shape index (κ3) is 4.32. The van der Waals surface area contributed by atoms with Crippen molar-refractivity contribution in [3.63, 3.8) is 0 Å². The van der Waals surface area contributed by atoms with Crippen LogP contribution >= 0.6 is 11.8 Å². The molecule has 1 rings (SSSR count). The van der Waals surface area contributed by atoms with Crippen LogP contribution in [0.15, 0.2) is 18.3 Å². The predicted molar refractivity (Wildman–Crippen MR) is 61.6 cm³/mol. The molecule has 0 spiro atoms. The molecule has 1 aromatic rings. The number of rotatable bonds is 6. The zero-order chi connectivity index (χ0) is 10.9. The van der Waals surface area contributed by atoms with Gasteiger partial charge in [0.15, 0.2) is 0 Å². The second kappa shape index (κ2) is 7.27. The lowest BCUT2D eigenvalue weighted by molar-refractivity contribution is 0.200. The number of hydrogen-bond acceptors (Lipinski definition) is 4. The van der Waals surface area contributed by atoms with E-state index in [0.717, 1.165) is 30.1 Å². The average Bonchev–Trinajstić information content (AvgIpc) is 2.29. The Bertz CT molecular complexity index is 336. The van der Waals surface area contributed by atoms with Gasteiger partial charge in [-0.3, -0.25) is 0 Å². The lowest BCUT2D eigenvalue weighted by atomic mass is 10.2. The van der Waals surface area contributed by atoms with E-state index in [0.29, 0.717) is 5.69 Å². The third-order valence-corrected chi connectivity index (χ3v) is 2.98. The Labute approximate surface area is 94.5 Å². The van der Waals surface area contributed by atoms with E-state index in [1.807, 2.05) is 12.1 Å². The van der Waals surface area contributed by atoms with Crippen molar-refractivity contribution in [2.45, 2.75) is 12.2 Å².